The molecule has 1 aromatic heterocycles. The number of hydrogen-bond donors (Lipinski definition) is 1. The molecule has 4 fully saturated rings. The predicted molar refractivity (Wildman–Crippen MR) is 113 cm³/mol. The topological polar surface area (TPSA) is 94.3 Å². The molecular formula is C24H26F3N3O4. The van der Waals surface area contributed by atoms with Crippen LogP contribution in [0.1, 0.15) is 69.9 Å². The number of alkyl halides is 3. The first-order chi connectivity index (χ1) is 16.0. The lowest BCUT2D eigenvalue weighted by Crippen LogP contribution is -2.64. The summed E-state index contributed by atoms with van der Waals surface area (Å²) in [6.45, 7) is 3.11. The van der Waals surface area contributed by atoms with Gasteiger partial charge in [-0.25, -0.2) is 0 Å². The second kappa shape index (κ2) is 7.81. The maximum absolute atomic E-state index is 13.4. The maximum atomic E-state index is 13.4. The summed E-state index contributed by atoms with van der Waals surface area (Å²) in [7, 11) is 0. The molecule has 0 radical (unpaired) electrons. The number of nitrogens with zero attached hydrogens (tertiary/aromatic N) is 2. The Morgan fingerprint density at radius 1 is 1.21 bits per heavy atom. The largest absolute Gasteiger partial charge is 0.452 e. The minimum atomic E-state index is -4.49. The van der Waals surface area contributed by atoms with Crippen molar-refractivity contribution in [1.82, 2.24) is 15.5 Å². The summed E-state index contributed by atoms with van der Waals surface area (Å²) in [4.78, 5) is 29.4. The van der Waals surface area contributed by atoms with Crippen LogP contribution in [0.5, 0.6) is 0 Å². The van der Waals surface area contributed by atoms with Crippen LogP contribution in [-0.4, -0.2) is 27.6 Å². The van der Waals surface area contributed by atoms with Crippen molar-refractivity contribution in [3.8, 4) is 11.4 Å². The number of carbonyl (C=O) groups is 2. The van der Waals surface area contributed by atoms with Gasteiger partial charge in [0.2, 0.25) is 11.7 Å². The lowest BCUT2D eigenvalue weighted by atomic mass is 9.47. The molecule has 1 N–H and O–H groups in total. The van der Waals surface area contributed by atoms with Crippen LogP contribution in [0.4, 0.5) is 13.2 Å². The van der Waals surface area contributed by atoms with Gasteiger partial charge >= 0.3 is 12.1 Å². The van der Waals surface area contributed by atoms with Crippen LogP contribution in [0.2, 0.25) is 0 Å². The quantitative estimate of drug-likeness (QED) is 0.620. The average Bonchev–Trinajstić information content (AvgIpc) is 3.22. The molecule has 7 nitrogen and oxygen atoms in total. The van der Waals surface area contributed by atoms with E-state index in [-0.39, 0.29) is 34.7 Å². The molecular weight excluding hydrogens is 451 g/mol. The Bertz CT molecular complexity index is 1110. The number of halogens is 3. The summed E-state index contributed by atoms with van der Waals surface area (Å²) in [5.41, 5.74) is -1.68. The van der Waals surface area contributed by atoms with Crippen LogP contribution in [-0.2, 0) is 20.5 Å². The zero-order valence-electron chi connectivity index (χ0n) is 18.9. The number of amides is 1. The fourth-order valence-electron chi connectivity index (χ4n) is 6.71. The van der Waals surface area contributed by atoms with Gasteiger partial charge in [0, 0.05) is 18.0 Å². The van der Waals surface area contributed by atoms with Crippen LogP contribution in [0.15, 0.2) is 28.8 Å². The molecule has 2 aromatic rings. The Morgan fingerprint density at radius 3 is 2.56 bits per heavy atom. The summed E-state index contributed by atoms with van der Waals surface area (Å²) in [6.07, 6.45) is -0.490. The van der Waals surface area contributed by atoms with E-state index >= 15 is 0 Å². The molecule has 1 aromatic carbocycles. The van der Waals surface area contributed by atoms with E-state index < -0.39 is 23.3 Å². The summed E-state index contributed by atoms with van der Waals surface area (Å²) < 4.78 is 50.1. The van der Waals surface area contributed by atoms with Crippen molar-refractivity contribution in [1.29, 1.82) is 0 Å². The highest BCUT2D eigenvalue weighted by atomic mass is 19.4. The maximum Gasteiger partial charge on any atom is 0.416 e. The van der Waals surface area contributed by atoms with E-state index in [1.807, 2.05) is 0 Å². The SMILES string of the molecule is CC(=O)NC12CC3CC(C1)CC(C(=O)OC(C)c1nc(-c4cccc(C(F)(F)F)c4)no1)(C3)C2. The van der Waals surface area contributed by atoms with Gasteiger partial charge in [-0.05, 0) is 69.4 Å². The zero-order valence-corrected chi connectivity index (χ0v) is 18.9. The van der Waals surface area contributed by atoms with E-state index in [1.165, 1.54) is 19.1 Å². The molecule has 3 atom stereocenters. The molecule has 6 rings (SSSR count). The number of ether oxygens (including phenoxy) is 1. The standard InChI is InChI=1S/C24H26F3N3O4/c1-13(20-28-19(30-34-20)17-4-3-5-18(7-17)24(25,26)27)33-21(32)22-8-15-6-16(9-22)11-23(10-15,12-22)29-14(2)31/h3-5,7,13,15-16H,6,8-12H2,1-2H3,(H,29,31). The molecule has 4 bridgehead atoms. The summed E-state index contributed by atoms with van der Waals surface area (Å²) in [6, 6.07) is 4.64. The molecule has 0 saturated heterocycles. The van der Waals surface area contributed by atoms with Crippen molar-refractivity contribution in [3.05, 3.63) is 35.7 Å². The van der Waals surface area contributed by atoms with E-state index in [1.54, 1.807) is 6.92 Å². The average molecular weight is 477 g/mol. The Balaban J connectivity index is 1.32. The zero-order chi connectivity index (χ0) is 24.3. The lowest BCUT2D eigenvalue weighted by Gasteiger charge is -2.60. The van der Waals surface area contributed by atoms with Gasteiger partial charge in [0.25, 0.3) is 5.89 Å². The van der Waals surface area contributed by atoms with Gasteiger partial charge in [-0.2, -0.15) is 18.2 Å². The van der Waals surface area contributed by atoms with Gasteiger partial charge in [0.15, 0.2) is 6.10 Å². The number of esters is 1. The van der Waals surface area contributed by atoms with Crippen molar-refractivity contribution in [2.75, 3.05) is 0 Å². The molecule has 4 aliphatic carbocycles. The first-order valence-corrected chi connectivity index (χ1v) is 11.5. The van der Waals surface area contributed by atoms with Crippen molar-refractivity contribution >= 4 is 11.9 Å². The first kappa shape index (κ1) is 22.9. The second-order valence-electron chi connectivity index (χ2n) is 10.3. The number of aromatic nitrogens is 2. The van der Waals surface area contributed by atoms with E-state index in [2.05, 4.69) is 15.5 Å². The molecule has 34 heavy (non-hydrogen) atoms. The minimum Gasteiger partial charge on any atom is -0.452 e. The highest BCUT2D eigenvalue weighted by Crippen LogP contribution is 2.62. The van der Waals surface area contributed by atoms with Crippen molar-refractivity contribution in [3.63, 3.8) is 0 Å². The molecule has 0 aliphatic heterocycles. The molecule has 182 valence electrons. The third-order valence-electron chi connectivity index (χ3n) is 7.46. The van der Waals surface area contributed by atoms with Gasteiger partial charge in [0.05, 0.1) is 11.0 Å². The first-order valence-electron chi connectivity index (χ1n) is 11.5. The summed E-state index contributed by atoms with van der Waals surface area (Å²) in [5, 5.41) is 6.90. The number of benzene rings is 1. The number of carbonyl (C=O) groups excluding carboxylic acids is 2. The second-order valence-corrected chi connectivity index (χ2v) is 10.3. The number of hydrogen-bond acceptors (Lipinski definition) is 6. The number of nitrogens with one attached hydrogen (secondary N) is 1. The highest BCUT2D eigenvalue weighted by Gasteiger charge is 2.61. The molecule has 4 saturated carbocycles. The van der Waals surface area contributed by atoms with Gasteiger partial charge in [-0.3, -0.25) is 9.59 Å². The summed E-state index contributed by atoms with van der Waals surface area (Å²) >= 11 is 0. The van der Waals surface area contributed by atoms with Crippen molar-refractivity contribution in [2.45, 2.75) is 70.2 Å². The Morgan fingerprint density at radius 2 is 1.91 bits per heavy atom. The van der Waals surface area contributed by atoms with Gasteiger partial charge in [0.1, 0.15) is 0 Å². The fourth-order valence-corrected chi connectivity index (χ4v) is 6.71. The normalized spacial score (nSPS) is 30.7. The minimum absolute atomic E-state index is 0.0107. The van der Waals surface area contributed by atoms with Crippen LogP contribution < -0.4 is 5.32 Å². The molecule has 4 aliphatic rings. The van der Waals surface area contributed by atoms with E-state index in [0.29, 0.717) is 18.3 Å². The monoisotopic (exact) mass is 477 g/mol. The van der Waals surface area contributed by atoms with E-state index in [9.17, 15) is 22.8 Å². The molecule has 3 unspecified atom stereocenters. The smallest absolute Gasteiger partial charge is 0.416 e. The van der Waals surface area contributed by atoms with Crippen molar-refractivity contribution in [2.24, 2.45) is 17.3 Å². The van der Waals surface area contributed by atoms with Crippen LogP contribution in [0, 0.1) is 17.3 Å². The van der Waals surface area contributed by atoms with Crippen LogP contribution in [0.3, 0.4) is 0 Å². The lowest BCUT2D eigenvalue weighted by molar-refractivity contribution is -0.181. The van der Waals surface area contributed by atoms with E-state index in [4.69, 9.17) is 9.26 Å². The summed E-state index contributed by atoms with van der Waals surface area (Å²) in [5.74, 6) is 0.304. The molecule has 10 heteroatoms. The Labute approximate surface area is 194 Å². The molecule has 1 amide bonds. The molecule has 0 spiro atoms. The van der Waals surface area contributed by atoms with Gasteiger partial charge < -0.3 is 14.6 Å². The molecule has 1 heterocycles. The van der Waals surface area contributed by atoms with Crippen LogP contribution in [0.25, 0.3) is 11.4 Å². The third-order valence-corrected chi connectivity index (χ3v) is 7.46. The third kappa shape index (κ3) is 4.07. The Kier molecular flexibility index (Phi) is 5.25. The van der Waals surface area contributed by atoms with Gasteiger partial charge in [-0.1, -0.05) is 17.3 Å². The Hall–Kier alpha value is -2.91. The fraction of sp³-hybridized carbons (Fsp3) is 0.583. The predicted octanol–water partition coefficient (Wildman–Crippen LogP) is 4.83. The van der Waals surface area contributed by atoms with E-state index in [0.717, 1.165) is 44.2 Å². The van der Waals surface area contributed by atoms with Crippen molar-refractivity contribution < 1.29 is 32.0 Å². The van der Waals surface area contributed by atoms with Gasteiger partial charge in [-0.15, -0.1) is 0 Å². The number of rotatable bonds is 5. The highest BCUT2D eigenvalue weighted by molar-refractivity contribution is 5.79. The van der Waals surface area contributed by atoms with Crippen LogP contribution >= 0.6 is 0 Å².